The third-order valence-corrected chi connectivity index (χ3v) is 5.83. The van der Waals surface area contributed by atoms with E-state index in [2.05, 4.69) is 23.3 Å². The van der Waals surface area contributed by atoms with Crippen molar-refractivity contribution in [2.24, 2.45) is 0 Å². The highest BCUT2D eigenvalue weighted by Crippen LogP contribution is 2.29. The molecule has 0 amide bonds. The maximum atomic E-state index is 13.1. The Morgan fingerprint density at radius 2 is 1.81 bits per heavy atom. The molecule has 0 saturated carbocycles. The number of aromatic nitrogens is 1. The van der Waals surface area contributed by atoms with Gasteiger partial charge in [-0.1, -0.05) is 67.4 Å². The van der Waals surface area contributed by atoms with Crippen LogP contribution in [0.4, 0.5) is 11.4 Å². The van der Waals surface area contributed by atoms with Gasteiger partial charge in [-0.15, -0.1) is 0 Å². The van der Waals surface area contributed by atoms with Gasteiger partial charge in [0, 0.05) is 33.8 Å². The standard InChI is InChI=1S/C27H25ClN2O/c1-3-4-7-19-10-12-22(18(2)14-19)27(31)24-13-11-21(15-25(24)28)30-26-17-29-16-20-8-5-6-9-23(20)26/h5-6,8-17,30H,3-4,7H2,1-2H3. The van der Waals surface area contributed by atoms with E-state index in [4.69, 9.17) is 11.6 Å². The summed E-state index contributed by atoms with van der Waals surface area (Å²) in [6, 6.07) is 19.6. The molecule has 0 radical (unpaired) electrons. The minimum absolute atomic E-state index is 0.0529. The Kier molecular flexibility index (Phi) is 6.34. The number of unbranched alkanes of at least 4 members (excludes halogenated alkanes) is 1. The van der Waals surface area contributed by atoms with Crippen molar-refractivity contribution < 1.29 is 4.79 Å². The largest absolute Gasteiger partial charge is 0.354 e. The van der Waals surface area contributed by atoms with Crippen molar-refractivity contribution in [1.29, 1.82) is 0 Å². The molecule has 4 rings (SSSR count). The van der Waals surface area contributed by atoms with E-state index in [1.54, 1.807) is 18.3 Å². The molecule has 3 aromatic carbocycles. The van der Waals surface area contributed by atoms with Gasteiger partial charge in [-0.3, -0.25) is 9.78 Å². The Morgan fingerprint density at radius 1 is 1.00 bits per heavy atom. The van der Waals surface area contributed by atoms with Crippen LogP contribution in [-0.4, -0.2) is 10.8 Å². The zero-order chi connectivity index (χ0) is 21.8. The SMILES string of the molecule is CCCCc1ccc(C(=O)c2ccc(Nc3cncc4ccccc34)cc2Cl)c(C)c1. The van der Waals surface area contributed by atoms with E-state index in [9.17, 15) is 4.79 Å². The topological polar surface area (TPSA) is 42.0 Å². The summed E-state index contributed by atoms with van der Waals surface area (Å²) >= 11 is 6.53. The summed E-state index contributed by atoms with van der Waals surface area (Å²) < 4.78 is 0. The van der Waals surface area contributed by atoms with Crippen LogP contribution < -0.4 is 5.32 Å². The summed E-state index contributed by atoms with van der Waals surface area (Å²) in [6.07, 6.45) is 6.98. The van der Waals surface area contributed by atoms with E-state index in [1.807, 2.05) is 55.6 Å². The second-order valence-corrected chi connectivity index (χ2v) is 8.22. The van der Waals surface area contributed by atoms with Crippen molar-refractivity contribution in [3.8, 4) is 0 Å². The minimum Gasteiger partial charge on any atom is -0.354 e. The summed E-state index contributed by atoms with van der Waals surface area (Å²) in [6.45, 7) is 4.17. The van der Waals surface area contributed by atoms with Crippen molar-refractivity contribution in [2.45, 2.75) is 33.1 Å². The number of benzene rings is 3. The van der Waals surface area contributed by atoms with Gasteiger partial charge in [0.05, 0.1) is 16.9 Å². The lowest BCUT2D eigenvalue weighted by Gasteiger charge is -2.12. The van der Waals surface area contributed by atoms with Gasteiger partial charge in [0.2, 0.25) is 0 Å². The molecular formula is C27H25ClN2O. The molecule has 0 saturated heterocycles. The van der Waals surface area contributed by atoms with E-state index in [0.29, 0.717) is 16.1 Å². The number of halogens is 1. The van der Waals surface area contributed by atoms with Gasteiger partial charge < -0.3 is 5.32 Å². The molecule has 0 fully saturated rings. The second-order valence-electron chi connectivity index (χ2n) is 7.81. The van der Waals surface area contributed by atoms with Crippen molar-refractivity contribution in [2.75, 3.05) is 5.32 Å². The van der Waals surface area contributed by atoms with Crippen LogP contribution in [0.5, 0.6) is 0 Å². The number of carbonyl (C=O) groups excluding carboxylic acids is 1. The molecule has 0 aliphatic heterocycles. The van der Waals surface area contributed by atoms with Crippen LogP contribution in [0, 0.1) is 6.92 Å². The first-order valence-electron chi connectivity index (χ1n) is 10.6. The molecule has 0 aliphatic rings. The Hall–Kier alpha value is -3.17. The number of anilines is 2. The number of rotatable bonds is 7. The van der Waals surface area contributed by atoms with Crippen molar-refractivity contribution in [1.82, 2.24) is 4.98 Å². The Bertz CT molecular complexity index is 1240. The van der Waals surface area contributed by atoms with Gasteiger partial charge in [-0.2, -0.15) is 0 Å². The average molecular weight is 429 g/mol. The number of fused-ring (bicyclic) bond motifs is 1. The van der Waals surface area contributed by atoms with Crippen LogP contribution >= 0.6 is 11.6 Å². The summed E-state index contributed by atoms with van der Waals surface area (Å²) in [5.41, 5.74) is 5.16. The van der Waals surface area contributed by atoms with Gasteiger partial charge in [0.25, 0.3) is 0 Å². The summed E-state index contributed by atoms with van der Waals surface area (Å²) in [4.78, 5) is 17.4. The number of carbonyl (C=O) groups is 1. The van der Waals surface area contributed by atoms with Crippen LogP contribution in [0.15, 0.2) is 73.1 Å². The molecule has 1 N–H and O–H groups in total. The Labute approximate surface area is 188 Å². The molecular weight excluding hydrogens is 404 g/mol. The molecule has 4 heteroatoms. The number of aryl methyl sites for hydroxylation is 2. The van der Waals surface area contributed by atoms with E-state index in [1.165, 1.54) is 5.56 Å². The van der Waals surface area contributed by atoms with Gasteiger partial charge in [0.1, 0.15) is 0 Å². The molecule has 0 aliphatic carbocycles. The molecule has 4 aromatic rings. The van der Waals surface area contributed by atoms with E-state index in [-0.39, 0.29) is 5.78 Å². The maximum Gasteiger partial charge on any atom is 0.194 e. The first-order chi connectivity index (χ1) is 15.1. The molecule has 0 bridgehead atoms. The minimum atomic E-state index is -0.0529. The molecule has 3 nitrogen and oxygen atoms in total. The van der Waals surface area contributed by atoms with Gasteiger partial charge >= 0.3 is 0 Å². The zero-order valence-corrected chi connectivity index (χ0v) is 18.5. The number of pyridine rings is 1. The lowest BCUT2D eigenvalue weighted by atomic mass is 9.95. The van der Waals surface area contributed by atoms with Gasteiger partial charge in [0.15, 0.2) is 5.78 Å². The summed E-state index contributed by atoms with van der Waals surface area (Å²) in [5, 5.41) is 5.94. The predicted octanol–water partition coefficient (Wildman–Crippen LogP) is 7.51. The lowest BCUT2D eigenvalue weighted by molar-refractivity contribution is 0.103. The number of nitrogens with zero attached hydrogens (tertiary/aromatic N) is 1. The highest BCUT2D eigenvalue weighted by molar-refractivity contribution is 6.35. The molecule has 1 heterocycles. The first-order valence-corrected chi connectivity index (χ1v) is 11.0. The number of hydrogen-bond acceptors (Lipinski definition) is 3. The predicted molar refractivity (Wildman–Crippen MR) is 130 cm³/mol. The second kappa shape index (κ2) is 9.32. The van der Waals surface area contributed by atoms with Crippen molar-refractivity contribution >= 4 is 39.5 Å². The van der Waals surface area contributed by atoms with Crippen LogP contribution in [0.3, 0.4) is 0 Å². The normalized spacial score (nSPS) is 10.9. The zero-order valence-electron chi connectivity index (χ0n) is 17.8. The molecule has 0 atom stereocenters. The number of ketones is 1. The summed E-state index contributed by atoms with van der Waals surface area (Å²) in [5.74, 6) is -0.0529. The van der Waals surface area contributed by atoms with Crippen LogP contribution in [0.1, 0.15) is 46.8 Å². The molecule has 0 spiro atoms. The molecule has 31 heavy (non-hydrogen) atoms. The number of nitrogens with one attached hydrogen (secondary N) is 1. The molecule has 1 aromatic heterocycles. The van der Waals surface area contributed by atoms with E-state index < -0.39 is 0 Å². The fourth-order valence-corrected chi connectivity index (χ4v) is 4.08. The van der Waals surface area contributed by atoms with Crippen LogP contribution in [0.2, 0.25) is 5.02 Å². The van der Waals surface area contributed by atoms with E-state index >= 15 is 0 Å². The monoisotopic (exact) mass is 428 g/mol. The highest BCUT2D eigenvalue weighted by atomic mass is 35.5. The average Bonchev–Trinajstić information content (AvgIpc) is 2.78. The van der Waals surface area contributed by atoms with Crippen LogP contribution in [-0.2, 0) is 6.42 Å². The third kappa shape index (κ3) is 4.62. The lowest BCUT2D eigenvalue weighted by Crippen LogP contribution is -2.05. The maximum absolute atomic E-state index is 13.1. The Balaban J connectivity index is 1.58. The third-order valence-electron chi connectivity index (χ3n) is 5.52. The molecule has 156 valence electrons. The molecule has 0 unspecified atom stereocenters. The van der Waals surface area contributed by atoms with Crippen molar-refractivity contribution in [3.63, 3.8) is 0 Å². The van der Waals surface area contributed by atoms with Crippen LogP contribution in [0.25, 0.3) is 10.8 Å². The van der Waals surface area contributed by atoms with Crippen molar-refractivity contribution in [3.05, 3.63) is 100 Å². The van der Waals surface area contributed by atoms with Gasteiger partial charge in [-0.25, -0.2) is 0 Å². The van der Waals surface area contributed by atoms with E-state index in [0.717, 1.165) is 47.0 Å². The fraction of sp³-hybridized carbons (Fsp3) is 0.185. The first kappa shape index (κ1) is 21.1. The Morgan fingerprint density at radius 3 is 2.58 bits per heavy atom. The quantitative estimate of drug-likeness (QED) is 0.309. The number of hydrogen-bond donors (Lipinski definition) is 1. The highest BCUT2D eigenvalue weighted by Gasteiger charge is 2.16. The fourth-order valence-electron chi connectivity index (χ4n) is 3.81. The van der Waals surface area contributed by atoms with Gasteiger partial charge in [-0.05, 0) is 49.1 Å². The summed E-state index contributed by atoms with van der Waals surface area (Å²) in [7, 11) is 0. The smallest absolute Gasteiger partial charge is 0.194 e.